The molecular weight excluding hydrogens is 213 g/mol. The number of benzene rings is 1. The first kappa shape index (κ1) is 12.3. The van der Waals surface area contributed by atoms with E-state index in [1.807, 2.05) is 13.2 Å². The van der Waals surface area contributed by atoms with Crippen molar-refractivity contribution in [1.29, 1.82) is 0 Å². The molecule has 0 fully saturated rings. The molecule has 2 nitrogen and oxygen atoms in total. The Kier molecular flexibility index (Phi) is 4.91. The standard InChI is InChI=1S/C11H16FNOS/c1-8(13)9-3-4-11(10(12)7-9)14-5-6-15-2/h3-4,7-8H,5-6,13H2,1-2H3/t8-/m1/s1. The second-order valence-electron chi connectivity index (χ2n) is 3.32. The Morgan fingerprint density at radius 2 is 2.27 bits per heavy atom. The predicted molar refractivity (Wildman–Crippen MR) is 62.9 cm³/mol. The number of halogens is 1. The Labute approximate surface area is 94.0 Å². The van der Waals surface area contributed by atoms with Crippen molar-refractivity contribution in [1.82, 2.24) is 0 Å². The van der Waals surface area contributed by atoms with Crippen molar-refractivity contribution < 1.29 is 9.13 Å². The Hall–Kier alpha value is -0.740. The fourth-order valence-corrected chi connectivity index (χ4v) is 1.40. The minimum absolute atomic E-state index is 0.153. The van der Waals surface area contributed by atoms with Gasteiger partial charge in [0.15, 0.2) is 11.6 Å². The normalized spacial score (nSPS) is 12.5. The van der Waals surface area contributed by atoms with Gasteiger partial charge in [0.25, 0.3) is 0 Å². The summed E-state index contributed by atoms with van der Waals surface area (Å²) in [6.07, 6.45) is 1.99. The van der Waals surface area contributed by atoms with Crippen molar-refractivity contribution >= 4 is 11.8 Å². The van der Waals surface area contributed by atoms with E-state index in [2.05, 4.69) is 0 Å². The third kappa shape index (κ3) is 3.72. The zero-order valence-corrected chi connectivity index (χ0v) is 9.81. The van der Waals surface area contributed by atoms with Crippen molar-refractivity contribution in [3.05, 3.63) is 29.6 Å². The molecule has 0 aliphatic rings. The van der Waals surface area contributed by atoms with Gasteiger partial charge in [-0.2, -0.15) is 11.8 Å². The van der Waals surface area contributed by atoms with E-state index >= 15 is 0 Å². The molecule has 0 saturated carbocycles. The van der Waals surface area contributed by atoms with Gasteiger partial charge >= 0.3 is 0 Å². The Bertz CT molecular complexity index is 317. The van der Waals surface area contributed by atoms with Crippen LogP contribution in [0.2, 0.25) is 0 Å². The van der Waals surface area contributed by atoms with Crippen LogP contribution in [0.15, 0.2) is 18.2 Å². The summed E-state index contributed by atoms with van der Waals surface area (Å²) in [4.78, 5) is 0. The van der Waals surface area contributed by atoms with Gasteiger partial charge < -0.3 is 10.5 Å². The van der Waals surface area contributed by atoms with Gasteiger partial charge in [0.1, 0.15) is 0 Å². The van der Waals surface area contributed by atoms with Crippen molar-refractivity contribution in [2.45, 2.75) is 13.0 Å². The molecule has 0 bridgehead atoms. The lowest BCUT2D eigenvalue weighted by molar-refractivity contribution is 0.324. The van der Waals surface area contributed by atoms with Gasteiger partial charge in [-0.1, -0.05) is 6.07 Å². The molecule has 1 aromatic carbocycles. The minimum atomic E-state index is -0.342. The quantitative estimate of drug-likeness (QED) is 0.788. The topological polar surface area (TPSA) is 35.2 Å². The average Bonchev–Trinajstić information content (AvgIpc) is 2.20. The fourth-order valence-electron chi connectivity index (χ4n) is 1.15. The molecule has 0 unspecified atom stereocenters. The van der Waals surface area contributed by atoms with Gasteiger partial charge in [-0.15, -0.1) is 0 Å². The van der Waals surface area contributed by atoms with Crippen LogP contribution in [0.1, 0.15) is 18.5 Å². The van der Waals surface area contributed by atoms with Gasteiger partial charge in [0.05, 0.1) is 6.61 Å². The summed E-state index contributed by atoms with van der Waals surface area (Å²) in [5, 5.41) is 0. The maximum atomic E-state index is 13.5. The number of hydrogen-bond acceptors (Lipinski definition) is 3. The van der Waals surface area contributed by atoms with Gasteiger partial charge in [-0.25, -0.2) is 4.39 Å². The van der Waals surface area contributed by atoms with Crippen LogP contribution < -0.4 is 10.5 Å². The smallest absolute Gasteiger partial charge is 0.165 e. The van der Waals surface area contributed by atoms with Gasteiger partial charge in [-0.05, 0) is 30.9 Å². The van der Waals surface area contributed by atoms with Crippen molar-refractivity contribution in [3.63, 3.8) is 0 Å². The zero-order chi connectivity index (χ0) is 11.3. The Balaban J connectivity index is 2.66. The van der Waals surface area contributed by atoms with E-state index in [0.29, 0.717) is 12.4 Å². The molecular formula is C11H16FNOS. The molecule has 0 amide bonds. The molecule has 1 rings (SSSR count). The van der Waals surface area contributed by atoms with Crippen molar-refractivity contribution in [2.75, 3.05) is 18.6 Å². The molecule has 0 radical (unpaired) electrons. The highest BCUT2D eigenvalue weighted by atomic mass is 32.2. The average molecular weight is 229 g/mol. The van der Waals surface area contributed by atoms with E-state index in [-0.39, 0.29) is 11.9 Å². The van der Waals surface area contributed by atoms with Crippen LogP contribution in [-0.2, 0) is 0 Å². The van der Waals surface area contributed by atoms with Crippen LogP contribution in [0, 0.1) is 5.82 Å². The zero-order valence-electron chi connectivity index (χ0n) is 9.00. The van der Waals surface area contributed by atoms with Crippen LogP contribution in [0.3, 0.4) is 0 Å². The van der Waals surface area contributed by atoms with Crippen LogP contribution in [-0.4, -0.2) is 18.6 Å². The van der Waals surface area contributed by atoms with E-state index in [9.17, 15) is 4.39 Å². The number of thioether (sulfide) groups is 1. The Morgan fingerprint density at radius 1 is 1.53 bits per heavy atom. The number of hydrogen-bond donors (Lipinski definition) is 1. The van der Waals surface area contributed by atoms with E-state index in [1.54, 1.807) is 23.9 Å². The molecule has 15 heavy (non-hydrogen) atoms. The molecule has 2 N–H and O–H groups in total. The van der Waals surface area contributed by atoms with Gasteiger partial charge in [-0.3, -0.25) is 0 Å². The summed E-state index contributed by atoms with van der Waals surface area (Å²) < 4.78 is 18.7. The predicted octanol–water partition coefficient (Wildman–Crippen LogP) is 2.59. The molecule has 0 aliphatic heterocycles. The molecule has 1 atom stereocenters. The van der Waals surface area contributed by atoms with Crippen LogP contribution in [0.25, 0.3) is 0 Å². The van der Waals surface area contributed by atoms with Crippen LogP contribution in [0.4, 0.5) is 4.39 Å². The first-order valence-corrected chi connectivity index (χ1v) is 6.21. The first-order valence-electron chi connectivity index (χ1n) is 4.82. The molecule has 0 spiro atoms. The Morgan fingerprint density at radius 3 is 2.80 bits per heavy atom. The molecule has 1 aromatic rings. The van der Waals surface area contributed by atoms with E-state index in [1.165, 1.54) is 6.07 Å². The number of nitrogens with two attached hydrogens (primary N) is 1. The summed E-state index contributed by atoms with van der Waals surface area (Å²) in [5.74, 6) is 0.813. The summed E-state index contributed by atoms with van der Waals surface area (Å²) in [6, 6.07) is 4.70. The maximum absolute atomic E-state index is 13.5. The lowest BCUT2D eigenvalue weighted by atomic mass is 10.1. The summed E-state index contributed by atoms with van der Waals surface area (Å²) in [7, 11) is 0. The third-order valence-electron chi connectivity index (χ3n) is 2.03. The molecule has 0 heterocycles. The second-order valence-corrected chi connectivity index (χ2v) is 4.31. The molecule has 4 heteroatoms. The second kappa shape index (κ2) is 5.98. The first-order chi connectivity index (χ1) is 7.15. The largest absolute Gasteiger partial charge is 0.490 e. The van der Waals surface area contributed by atoms with E-state index in [4.69, 9.17) is 10.5 Å². The molecule has 0 aliphatic carbocycles. The van der Waals surface area contributed by atoms with Gasteiger partial charge in [0, 0.05) is 11.8 Å². The molecule has 0 aromatic heterocycles. The minimum Gasteiger partial charge on any atom is -0.490 e. The third-order valence-corrected chi connectivity index (χ3v) is 2.60. The number of ether oxygens (including phenoxy) is 1. The highest BCUT2D eigenvalue weighted by Gasteiger charge is 2.06. The summed E-state index contributed by atoms with van der Waals surface area (Å²) in [5.41, 5.74) is 6.43. The highest BCUT2D eigenvalue weighted by molar-refractivity contribution is 7.98. The van der Waals surface area contributed by atoms with Crippen LogP contribution in [0.5, 0.6) is 5.75 Å². The fraction of sp³-hybridized carbons (Fsp3) is 0.455. The lowest BCUT2D eigenvalue weighted by Gasteiger charge is -2.09. The molecule has 84 valence electrons. The van der Waals surface area contributed by atoms with Gasteiger partial charge in [0.2, 0.25) is 0 Å². The van der Waals surface area contributed by atoms with Crippen LogP contribution >= 0.6 is 11.8 Å². The van der Waals surface area contributed by atoms with Crippen molar-refractivity contribution in [2.24, 2.45) is 5.73 Å². The number of rotatable bonds is 5. The SMILES string of the molecule is CSCCOc1ccc([C@@H](C)N)cc1F. The van der Waals surface area contributed by atoms with Crippen molar-refractivity contribution in [3.8, 4) is 5.75 Å². The van der Waals surface area contributed by atoms with E-state index < -0.39 is 0 Å². The summed E-state index contributed by atoms with van der Waals surface area (Å²) in [6.45, 7) is 2.35. The molecule has 0 saturated heterocycles. The highest BCUT2D eigenvalue weighted by Crippen LogP contribution is 2.21. The summed E-state index contributed by atoms with van der Waals surface area (Å²) >= 11 is 1.67. The monoisotopic (exact) mass is 229 g/mol. The van der Waals surface area contributed by atoms with E-state index in [0.717, 1.165) is 11.3 Å². The maximum Gasteiger partial charge on any atom is 0.165 e. The lowest BCUT2D eigenvalue weighted by Crippen LogP contribution is -2.06.